The van der Waals surface area contributed by atoms with Crippen molar-refractivity contribution < 1.29 is 14.3 Å². The van der Waals surface area contributed by atoms with Gasteiger partial charge < -0.3 is 10.1 Å². The number of piperidine rings is 1. The first-order chi connectivity index (χ1) is 10.0. The molecule has 2 N–H and O–H groups in total. The minimum absolute atomic E-state index is 0.106. The Bertz CT molecular complexity index is 683. The predicted octanol–water partition coefficient (Wildman–Crippen LogP) is 2.63. The van der Waals surface area contributed by atoms with Gasteiger partial charge in [0.05, 0.1) is 5.52 Å². The summed E-state index contributed by atoms with van der Waals surface area (Å²) in [4.78, 5) is 20.2. The van der Waals surface area contributed by atoms with E-state index in [2.05, 4.69) is 21.8 Å². The highest BCUT2D eigenvalue weighted by atomic mass is 19.1. The van der Waals surface area contributed by atoms with Gasteiger partial charge in [0, 0.05) is 19.3 Å². The van der Waals surface area contributed by atoms with Gasteiger partial charge in [0.15, 0.2) is 5.82 Å². The molecule has 0 radical (unpaired) electrons. The minimum Gasteiger partial charge on any atom is -0.477 e. The van der Waals surface area contributed by atoms with Crippen LogP contribution < -0.4 is 0 Å². The quantitative estimate of drug-likeness (QED) is 0.912. The molecule has 0 aromatic carbocycles. The zero-order valence-corrected chi connectivity index (χ0v) is 11.9. The topological polar surface area (TPSA) is 69.2 Å². The van der Waals surface area contributed by atoms with E-state index in [1.54, 1.807) is 6.07 Å². The summed E-state index contributed by atoms with van der Waals surface area (Å²) in [5.41, 5.74) is 1.38. The Labute approximate surface area is 121 Å². The van der Waals surface area contributed by atoms with Crippen LogP contribution in [0.4, 0.5) is 4.39 Å². The van der Waals surface area contributed by atoms with E-state index < -0.39 is 11.8 Å². The number of nitrogens with one attached hydrogen (secondary N) is 1. The maximum absolute atomic E-state index is 13.7. The number of hydrogen-bond acceptors (Lipinski definition) is 3. The molecule has 5 nitrogen and oxygen atoms in total. The van der Waals surface area contributed by atoms with Gasteiger partial charge in [0.25, 0.3) is 0 Å². The van der Waals surface area contributed by atoms with Gasteiger partial charge in [-0.05, 0) is 36.9 Å². The van der Waals surface area contributed by atoms with Crippen molar-refractivity contribution in [3.63, 3.8) is 0 Å². The lowest BCUT2D eigenvalue weighted by Crippen LogP contribution is -2.33. The normalized spacial score (nSPS) is 20.0. The summed E-state index contributed by atoms with van der Waals surface area (Å²) in [5.74, 6) is -1.01. The molecule has 1 aliphatic rings. The Hall–Kier alpha value is -1.95. The number of halogens is 1. The highest BCUT2D eigenvalue weighted by molar-refractivity contribution is 5.90. The van der Waals surface area contributed by atoms with Crippen molar-refractivity contribution in [3.8, 4) is 0 Å². The monoisotopic (exact) mass is 291 g/mol. The van der Waals surface area contributed by atoms with Gasteiger partial charge in [-0.1, -0.05) is 6.92 Å². The average molecular weight is 291 g/mol. The van der Waals surface area contributed by atoms with Gasteiger partial charge in [-0.2, -0.15) is 0 Å². The first-order valence-electron chi connectivity index (χ1n) is 7.16. The fourth-order valence-corrected chi connectivity index (χ4v) is 3.04. The molecule has 1 aliphatic heterocycles. The van der Waals surface area contributed by atoms with E-state index in [-0.39, 0.29) is 11.2 Å². The minimum atomic E-state index is -1.13. The Morgan fingerprint density at radius 2 is 2.43 bits per heavy atom. The van der Waals surface area contributed by atoms with Crippen LogP contribution in [0.2, 0.25) is 0 Å². The number of rotatable bonds is 3. The van der Waals surface area contributed by atoms with Crippen LogP contribution in [0, 0.1) is 11.7 Å². The van der Waals surface area contributed by atoms with Crippen molar-refractivity contribution in [1.29, 1.82) is 0 Å². The van der Waals surface area contributed by atoms with Crippen LogP contribution >= 0.6 is 0 Å². The number of aromatic nitrogens is 2. The smallest absolute Gasteiger partial charge is 0.354 e. The fraction of sp³-hybridized carbons (Fsp3) is 0.467. The van der Waals surface area contributed by atoms with Gasteiger partial charge in [-0.25, -0.2) is 14.2 Å². The third-order valence-electron chi connectivity index (χ3n) is 4.02. The Morgan fingerprint density at radius 3 is 3.14 bits per heavy atom. The zero-order chi connectivity index (χ0) is 15.0. The van der Waals surface area contributed by atoms with Crippen molar-refractivity contribution in [2.75, 3.05) is 13.1 Å². The molecule has 0 spiro atoms. The molecule has 2 aromatic heterocycles. The number of likely N-dealkylation sites (tertiary alicyclic amines) is 1. The van der Waals surface area contributed by atoms with Crippen molar-refractivity contribution in [1.82, 2.24) is 14.9 Å². The molecule has 2 aromatic rings. The molecule has 1 atom stereocenters. The Morgan fingerprint density at radius 1 is 1.62 bits per heavy atom. The molecule has 1 fully saturated rings. The molecular formula is C15H18FN3O2. The largest absolute Gasteiger partial charge is 0.477 e. The number of fused-ring (bicyclic) bond motifs is 1. The predicted molar refractivity (Wildman–Crippen MR) is 76.7 cm³/mol. The zero-order valence-electron chi connectivity index (χ0n) is 11.9. The number of carbonyl (C=O) groups is 1. The number of nitrogens with zero attached hydrogens (tertiary/aromatic N) is 2. The van der Waals surface area contributed by atoms with Crippen LogP contribution in [-0.2, 0) is 6.54 Å². The summed E-state index contributed by atoms with van der Waals surface area (Å²) in [6.07, 6.45) is 3.59. The van der Waals surface area contributed by atoms with Crippen LogP contribution in [0.3, 0.4) is 0 Å². The van der Waals surface area contributed by atoms with Crippen LogP contribution in [0.15, 0.2) is 12.3 Å². The number of carboxylic acids is 1. The van der Waals surface area contributed by atoms with Crippen LogP contribution in [-0.4, -0.2) is 39.0 Å². The molecule has 0 aliphatic carbocycles. The summed E-state index contributed by atoms with van der Waals surface area (Å²) in [7, 11) is 0. The van der Waals surface area contributed by atoms with Gasteiger partial charge in [0.2, 0.25) is 0 Å². The standard InChI is InChI=1S/C15H18FN3O2/c1-9-3-2-4-19(7-9)8-10-5-12(15(20)21)18-14-11(16)6-17-13(10)14/h5-6,9,17H,2-4,7-8H2,1H3,(H,20,21)/t9-/m0/s1. The van der Waals surface area contributed by atoms with Crippen molar-refractivity contribution >= 4 is 17.0 Å². The van der Waals surface area contributed by atoms with E-state index in [0.29, 0.717) is 18.0 Å². The molecule has 6 heteroatoms. The molecule has 0 amide bonds. The fourth-order valence-electron chi connectivity index (χ4n) is 3.04. The van der Waals surface area contributed by atoms with Crippen LogP contribution in [0.25, 0.3) is 11.0 Å². The van der Waals surface area contributed by atoms with E-state index in [4.69, 9.17) is 5.11 Å². The first kappa shape index (κ1) is 14.0. The van der Waals surface area contributed by atoms with E-state index in [0.717, 1.165) is 25.1 Å². The van der Waals surface area contributed by atoms with E-state index in [1.165, 1.54) is 12.6 Å². The first-order valence-corrected chi connectivity index (χ1v) is 7.16. The summed E-state index contributed by atoms with van der Waals surface area (Å²) < 4.78 is 13.7. The number of hydrogen-bond donors (Lipinski definition) is 2. The Kier molecular flexibility index (Phi) is 3.63. The summed E-state index contributed by atoms with van der Waals surface area (Å²) in [6, 6.07) is 1.54. The van der Waals surface area contributed by atoms with E-state index >= 15 is 0 Å². The molecule has 1 saturated heterocycles. The highest BCUT2D eigenvalue weighted by Gasteiger charge is 2.20. The molecule has 0 bridgehead atoms. The van der Waals surface area contributed by atoms with Gasteiger partial charge in [-0.15, -0.1) is 0 Å². The third kappa shape index (κ3) is 2.76. The van der Waals surface area contributed by atoms with Gasteiger partial charge >= 0.3 is 5.97 Å². The van der Waals surface area contributed by atoms with Crippen molar-refractivity contribution in [2.45, 2.75) is 26.3 Å². The van der Waals surface area contributed by atoms with Gasteiger partial charge in [0.1, 0.15) is 11.2 Å². The number of H-pyrrole nitrogens is 1. The Balaban J connectivity index is 1.98. The highest BCUT2D eigenvalue weighted by Crippen LogP contribution is 2.24. The van der Waals surface area contributed by atoms with Crippen LogP contribution in [0.1, 0.15) is 35.8 Å². The van der Waals surface area contributed by atoms with Crippen molar-refractivity contribution in [3.05, 3.63) is 29.3 Å². The lowest BCUT2D eigenvalue weighted by molar-refractivity contribution is 0.0690. The second kappa shape index (κ2) is 5.44. The average Bonchev–Trinajstić information content (AvgIpc) is 2.81. The molecule has 3 heterocycles. The molecule has 3 rings (SSSR count). The summed E-state index contributed by atoms with van der Waals surface area (Å²) >= 11 is 0. The third-order valence-corrected chi connectivity index (χ3v) is 4.02. The van der Waals surface area contributed by atoms with Crippen LogP contribution in [0.5, 0.6) is 0 Å². The maximum atomic E-state index is 13.7. The lowest BCUT2D eigenvalue weighted by atomic mass is 9.99. The number of aromatic carboxylic acids is 1. The number of pyridine rings is 1. The van der Waals surface area contributed by atoms with E-state index in [1.807, 2.05) is 0 Å². The molecular weight excluding hydrogens is 273 g/mol. The van der Waals surface area contributed by atoms with Gasteiger partial charge in [-0.3, -0.25) is 4.90 Å². The van der Waals surface area contributed by atoms with E-state index in [9.17, 15) is 9.18 Å². The summed E-state index contributed by atoms with van der Waals surface area (Å²) in [5, 5.41) is 9.14. The lowest BCUT2D eigenvalue weighted by Gasteiger charge is -2.30. The van der Waals surface area contributed by atoms with Crippen molar-refractivity contribution in [2.24, 2.45) is 5.92 Å². The maximum Gasteiger partial charge on any atom is 0.354 e. The SMILES string of the molecule is C[C@H]1CCCN(Cc2cc(C(=O)O)nc3c(F)c[nH]c23)C1. The second-order valence-electron chi connectivity index (χ2n) is 5.81. The number of aromatic amines is 1. The molecule has 0 saturated carbocycles. The second-order valence-corrected chi connectivity index (χ2v) is 5.81. The molecule has 112 valence electrons. The molecule has 21 heavy (non-hydrogen) atoms. The molecule has 0 unspecified atom stereocenters. The summed E-state index contributed by atoms with van der Waals surface area (Å²) in [6.45, 7) is 4.80. The number of carboxylic acid groups (broad SMARTS) is 1.